The number of benzene rings is 1. The van der Waals surface area contributed by atoms with Gasteiger partial charge < -0.3 is 4.74 Å². The average Bonchev–Trinajstić information content (AvgIpc) is 2.54. The third kappa shape index (κ3) is 1.72. The summed E-state index contributed by atoms with van der Waals surface area (Å²) < 4.78 is 5.61. The Morgan fingerprint density at radius 3 is 2.54 bits per heavy atom. The Morgan fingerprint density at radius 2 is 2.00 bits per heavy atom. The van der Waals surface area contributed by atoms with Crippen LogP contribution in [0.2, 0.25) is 5.02 Å². The van der Waals surface area contributed by atoms with Gasteiger partial charge in [0.1, 0.15) is 0 Å². The highest BCUT2D eigenvalue weighted by Crippen LogP contribution is 2.35. The molecular formula is C11H12ClO. The quantitative estimate of drug-likeness (QED) is 0.669. The third-order valence-corrected chi connectivity index (χ3v) is 2.73. The van der Waals surface area contributed by atoms with E-state index >= 15 is 0 Å². The minimum Gasteiger partial charge on any atom is -0.370 e. The second-order valence-electron chi connectivity index (χ2n) is 3.45. The normalized spacial score (nSPS) is 27.8. The molecule has 1 saturated heterocycles. The van der Waals surface area contributed by atoms with E-state index in [-0.39, 0.29) is 5.60 Å². The Morgan fingerprint density at radius 1 is 1.31 bits per heavy atom. The van der Waals surface area contributed by atoms with E-state index in [0.29, 0.717) is 0 Å². The van der Waals surface area contributed by atoms with Gasteiger partial charge in [0.2, 0.25) is 0 Å². The zero-order valence-electron chi connectivity index (χ0n) is 7.42. The summed E-state index contributed by atoms with van der Waals surface area (Å²) in [6, 6.07) is 7.73. The first kappa shape index (κ1) is 9.04. The molecule has 0 amide bonds. The van der Waals surface area contributed by atoms with Crippen LogP contribution >= 0.6 is 11.6 Å². The second-order valence-corrected chi connectivity index (χ2v) is 3.89. The van der Waals surface area contributed by atoms with Gasteiger partial charge in [0.05, 0.1) is 5.60 Å². The van der Waals surface area contributed by atoms with Gasteiger partial charge in [-0.1, -0.05) is 23.7 Å². The molecule has 69 valence electrons. The molecule has 0 saturated carbocycles. The molecule has 1 aliphatic heterocycles. The molecule has 13 heavy (non-hydrogen) atoms. The molecule has 1 nitrogen and oxygen atoms in total. The maximum atomic E-state index is 5.80. The van der Waals surface area contributed by atoms with Crippen LogP contribution in [0.3, 0.4) is 0 Å². The number of hydrogen-bond acceptors (Lipinski definition) is 1. The molecule has 1 aromatic rings. The summed E-state index contributed by atoms with van der Waals surface area (Å²) in [6.45, 7) is 4.92. The van der Waals surface area contributed by atoms with Crippen molar-refractivity contribution >= 4 is 11.6 Å². The van der Waals surface area contributed by atoms with Crippen molar-refractivity contribution in [3.8, 4) is 0 Å². The van der Waals surface area contributed by atoms with Crippen LogP contribution in [0.5, 0.6) is 0 Å². The first-order valence-electron chi connectivity index (χ1n) is 4.46. The maximum absolute atomic E-state index is 5.80. The average molecular weight is 196 g/mol. The second kappa shape index (κ2) is 3.32. The topological polar surface area (TPSA) is 9.23 Å². The lowest BCUT2D eigenvalue weighted by atomic mass is 9.93. The molecule has 1 unspecified atom stereocenters. The smallest absolute Gasteiger partial charge is 0.0933 e. The van der Waals surface area contributed by atoms with Crippen molar-refractivity contribution in [2.24, 2.45) is 0 Å². The summed E-state index contributed by atoms with van der Waals surface area (Å²) in [7, 11) is 0. The standard InChI is InChI=1S/C11H12ClO/c1-11(7-2-8-13-11)9-3-5-10(12)6-4-9/h3-6H,1-2,7-8H2. The largest absolute Gasteiger partial charge is 0.370 e. The Balaban J connectivity index is 2.29. The fourth-order valence-electron chi connectivity index (χ4n) is 1.68. The SMILES string of the molecule is [CH2]C1(c2ccc(Cl)cc2)CCCO1. The van der Waals surface area contributed by atoms with Crippen LogP contribution in [0, 0.1) is 6.92 Å². The zero-order chi connectivity index (χ0) is 9.31. The van der Waals surface area contributed by atoms with Crippen molar-refractivity contribution in [2.75, 3.05) is 6.61 Å². The van der Waals surface area contributed by atoms with Crippen LogP contribution in [-0.2, 0) is 10.3 Å². The minimum atomic E-state index is -0.329. The summed E-state index contributed by atoms with van der Waals surface area (Å²) in [4.78, 5) is 0. The monoisotopic (exact) mass is 195 g/mol. The van der Waals surface area contributed by atoms with Crippen LogP contribution in [-0.4, -0.2) is 6.61 Å². The molecule has 2 rings (SSSR count). The Bertz CT molecular complexity index is 285. The molecule has 0 bridgehead atoms. The summed E-state index contributed by atoms with van der Waals surface area (Å²) in [6.07, 6.45) is 2.08. The van der Waals surface area contributed by atoms with Gasteiger partial charge in [-0.3, -0.25) is 0 Å². The Kier molecular flexibility index (Phi) is 2.31. The van der Waals surface area contributed by atoms with Gasteiger partial charge in [0, 0.05) is 11.6 Å². The highest BCUT2D eigenvalue weighted by Gasteiger charge is 2.31. The van der Waals surface area contributed by atoms with Crippen molar-refractivity contribution in [1.82, 2.24) is 0 Å². The third-order valence-electron chi connectivity index (χ3n) is 2.47. The van der Waals surface area contributed by atoms with Gasteiger partial charge in [-0.25, -0.2) is 0 Å². The van der Waals surface area contributed by atoms with Gasteiger partial charge in [-0.15, -0.1) is 0 Å². The van der Waals surface area contributed by atoms with Crippen LogP contribution in [0.25, 0.3) is 0 Å². The van der Waals surface area contributed by atoms with E-state index in [1.807, 2.05) is 24.3 Å². The lowest BCUT2D eigenvalue weighted by Crippen LogP contribution is -2.19. The molecule has 0 aromatic heterocycles. The van der Waals surface area contributed by atoms with Crippen molar-refractivity contribution < 1.29 is 4.74 Å². The van der Waals surface area contributed by atoms with E-state index in [2.05, 4.69) is 6.92 Å². The molecule has 2 heteroatoms. The first-order chi connectivity index (χ1) is 6.21. The van der Waals surface area contributed by atoms with Crippen molar-refractivity contribution in [1.29, 1.82) is 0 Å². The van der Waals surface area contributed by atoms with E-state index in [4.69, 9.17) is 16.3 Å². The molecule has 0 spiro atoms. The van der Waals surface area contributed by atoms with Gasteiger partial charge in [-0.2, -0.15) is 0 Å². The van der Waals surface area contributed by atoms with Crippen molar-refractivity contribution in [2.45, 2.75) is 18.4 Å². The molecule has 0 aliphatic carbocycles. The van der Waals surface area contributed by atoms with Gasteiger partial charge >= 0.3 is 0 Å². The molecule has 1 aromatic carbocycles. The predicted molar refractivity (Wildman–Crippen MR) is 53.7 cm³/mol. The summed E-state index contributed by atoms with van der Waals surface area (Å²) in [5.74, 6) is 0. The molecule has 1 heterocycles. The van der Waals surface area contributed by atoms with E-state index in [0.717, 1.165) is 30.0 Å². The van der Waals surface area contributed by atoms with Crippen LogP contribution in [0.4, 0.5) is 0 Å². The summed E-state index contributed by atoms with van der Waals surface area (Å²) >= 11 is 5.80. The highest BCUT2D eigenvalue weighted by atomic mass is 35.5. The number of hydrogen-bond donors (Lipinski definition) is 0. The van der Waals surface area contributed by atoms with Gasteiger partial charge in [0.15, 0.2) is 0 Å². The van der Waals surface area contributed by atoms with Crippen LogP contribution in [0.1, 0.15) is 18.4 Å². The van der Waals surface area contributed by atoms with Crippen LogP contribution < -0.4 is 0 Å². The Labute approximate surface area is 83.7 Å². The van der Waals surface area contributed by atoms with Crippen LogP contribution in [0.15, 0.2) is 24.3 Å². The lowest BCUT2D eigenvalue weighted by molar-refractivity contribution is 0.0402. The molecule has 1 aliphatic rings. The maximum Gasteiger partial charge on any atom is 0.0933 e. The van der Waals surface area contributed by atoms with Gasteiger partial charge in [-0.05, 0) is 37.5 Å². The van der Waals surface area contributed by atoms with Crippen molar-refractivity contribution in [3.05, 3.63) is 41.8 Å². The highest BCUT2D eigenvalue weighted by molar-refractivity contribution is 6.30. The number of ether oxygens (including phenoxy) is 1. The molecule has 1 atom stereocenters. The summed E-state index contributed by atoms with van der Waals surface area (Å²) in [5.41, 5.74) is 0.791. The van der Waals surface area contributed by atoms with E-state index in [9.17, 15) is 0 Å². The van der Waals surface area contributed by atoms with Gasteiger partial charge in [0.25, 0.3) is 0 Å². The predicted octanol–water partition coefficient (Wildman–Crippen LogP) is 3.18. The molecular weight excluding hydrogens is 184 g/mol. The van der Waals surface area contributed by atoms with E-state index < -0.39 is 0 Å². The number of halogens is 1. The summed E-state index contributed by atoms with van der Waals surface area (Å²) in [5, 5.41) is 0.755. The fraction of sp³-hybridized carbons (Fsp3) is 0.364. The fourth-order valence-corrected chi connectivity index (χ4v) is 1.80. The molecule has 1 fully saturated rings. The first-order valence-corrected chi connectivity index (χ1v) is 4.84. The number of rotatable bonds is 1. The van der Waals surface area contributed by atoms with E-state index in [1.54, 1.807) is 0 Å². The zero-order valence-corrected chi connectivity index (χ0v) is 8.18. The Hall–Kier alpha value is -0.530. The minimum absolute atomic E-state index is 0.329. The lowest BCUT2D eigenvalue weighted by Gasteiger charge is -2.23. The molecule has 0 N–H and O–H groups in total. The van der Waals surface area contributed by atoms with Crippen molar-refractivity contribution in [3.63, 3.8) is 0 Å². The van der Waals surface area contributed by atoms with E-state index in [1.165, 1.54) is 0 Å². The molecule has 1 radical (unpaired) electrons.